The summed E-state index contributed by atoms with van der Waals surface area (Å²) in [5.74, 6) is -0.329. The maximum Gasteiger partial charge on any atom is 0.242 e. The second-order valence-corrected chi connectivity index (χ2v) is 8.67. The van der Waals surface area contributed by atoms with Crippen LogP contribution in [0.25, 0.3) is 10.2 Å². The van der Waals surface area contributed by atoms with Crippen LogP contribution in [0, 0.1) is 5.82 Å². The Morgan fingerprint density at radius 2 is 1.90 bits per heavy atom. The Morgan fingerprint density at radius 3 is 2.62 bits per heavy atom. The molecule has 0 spiro atoms. The molecule has 1 amide bonds. The van der Waals surface area contributed by atoms with Gasteiger partial charge in [0.1, 0.15) is 11.3 Å². The zero-order valence-corrected chi connectivity index (χ0v) is 18.1. The van der Waals surface area contributed by atoms with Crippen molar-refractivity contribution in [2.45, 2.75) is 0 Å². The lowest BCUT2D eigenvalue weighted by Gasteiger charge is -2.37. The number of carbonyl (C=O) groups is 1. The van der Waals surface area contributed by atoms with Crippen molar-refractivity contribution in [3.8, 4) is 0 Å². The maximum atomic E-state index is 13.9. The van der Waals surface area contributed by atoms with Gasteiger partial charge in [-0.25, -0.2) is 9.37 Å². The van der Waals surface area contributed by atoms with E-state index in [1.165, 1.54) is 17.4 Å². The van der Waals surface area contributed by atoms with Crippen molar-refractivity contribution in [2.75, 3.05) is 49.6 Å². The number of para-hydroxylation sites is 1. The smallest absolute Gasteiger partial charge is 0.242 e. The number of thiazole rings is 1. The first-order chi connectivity index (χ1) is 13.9. The van der Waals surface area contributed by atoms with Crippen LogP contribution in [0.1, 0.15) is 0 Å². The van der Waals surface area contributed by atoms with E-state index in [0.717, 1.165) is 10.4 Å². The lowest BCUT2D eigenvalue weighted by atomic mass is 10.2. The highest BCUT2D eigenvalue weighted by molar-refractivity contribution is 7.22. The molecular weight excluding hydrogens is 434 g/mol. The molecule has 1 aliphatic heterocycles. The van der Waals surface area contributed by atoms with Gasteiger partial charge < -0.3 is 14.7 Å². The number of fused-ring (bicyclic) bond motifs is 1. The minimum atomic E-state index is -0.347. The number of rotatable bonds is 4. The van der Waals surface area contributed by atoms with E-state index in [4.69, 9.17) is 23.2 Å². The highest BCUT2D eigenvalue weighted by Crippen LogP contribution is 2.33. The molecule has 0 bridgehead atoms. The molecule has 0 radical (unpaired) electrons. The summed E-state index contributed by atoms with van der Waals surface area (Å²) >= 11 is 13.8. The first kappa shape index (κ1) is 20.2. The van der Waals surface area contributed by atoms with Crippen molar-refractivity contribution in [1.82, 2.24) is 9.88 Å². The number of aromatic nitrogens is 1. The number of benzene rings is 2. The molecule has 1 aromatic heterocycles. The molecule has 29 heavy (non-hydrogen) atoms. The van der Waals surface area contributed by atoms with Crippen LogP contribution in [-0.2, 0) is 4.79 Å². The minimum Gasteiger partial charge on any atom is -0.367 e. The summed E-state index contributed by atoms with van der Waals surface area (Å²) in [7, 11) is 1.80. The van der Waals surface area contributed by atoms with E-state index in [9.17, 15) is 9.18 Å². The van der Waals surface area contributed by atoms with Gasteiger partial charge in [-0.3, -0.25) is 4.79 Å². The number of hydrogen-bond donors (Lipinski definition) is 0. The van der Waals surface area contributed by atoms with Crippen molar-refractivity contribution in [2.24, 2.45) is 0 Å². The van der Waals surface area contributed by atoms with Gasteiger partial charge in [0.05, 0.1) is 27.0 Å². The van der Waals surface area contributed by atoms with Gasteiger partial charge in [-0.15, -0.1) is 0 Å². The van der Waals surface area contributed by atoms with Crippen LogP contribution in [0.5, 0.6) is 0 Å². The molecule has 2 heterocycles. The summed E-state index contributed by atoms with van der Waals surface area (Å²) in [6.45, 7) is 2.76. The van der Waals surface area contributed by atoms with Crippen LogP contribution < -0.4 is 9.80 Å². The Bertz CT molecular complexity index is 1050. The maximum absolute atomic E-state index is 13.9. The first-order valence-electron chi connectivity index (χ1n) is 9.17. The van der Waals surface area contributed by atoms with Crippen molar-refractivity contribution in [3.63, 3.8) is 0 Å². The summed E-state index contributed by atoms with van der Waals surface area (Å²) in [6.07, 6.45) is 0. The predicted octanol–water partition coefficient (Wildman–Crippen LogP) is 4.53. The van der Waals surface area contributed by atoms with Gasteiger partial charge in [-0.05, 0) is 24.3 Å². The van der Waals surface area contributed by atoms with E-state index < -0.39 is 0 Å². The monoisotopic (exact) mass is 452 g/mol. The summed E-state index contributed by atoms with van der Waals surface area (Å²) in [4.78, 5) is 22.8. The van der Waals surface area contributed by atoms with E-state index in [-0.39, 0.29) is 18.3 Å². The first-order valence-corrected chi connectivity index (χ1v) is 10.7. The number of halogens is 3. The molecule has 9 heteroatoms. The van der Waals surface area contributed by atoms with Crippen LogP contribution in [0.2, 0.25) is 10.0 Å². The highest BCUT2D eigenvalue weighted by atomic mass is 35.5. The van der Waals surface area contributed by atoms with Gasteiger partial charge in [-0.1, -0.05) is 46.7 Å². The zero-order chi connectivity index (χ0) is 20.5. The fourth-order valence-corrected chi connectivity index (χ4v) is 4.73. The molecular formula is C20H19Cl2FN4OS. The van der Waals surface area contributed by atoms with Gasteiger partial charge in [0.25, 0.3) is 0 Å². The van der Waals surface area contributed by atoms with Crippen LogP contribution in [-0.4, -0.2) is 55.6 Å². The van der Waals surface area contributed by atoms with Gasteiger partial charge in [0.15, 0.2) is 5.13 Å². The minimum absolute atomic E-state index is 0.0177. The average molecular weight is 453 g/mol. The van der Waals surface area contributed by atoms with Crippen molar-refractivity contribution >= 4 is 61.5 Å². The fourth-order valence-electron chi connectivity index (χ4n) is 3.37. The van der Waals surface area contributed by atoms with E-state index in [0.29, 0.717) is 46.9 Å². The van der Waals surface area contributed by atoms with E-state index in [2.05, 4.69) is 9.88 Å². The third kappa shape index (κ3) is 4.13. The lowest BCUT2D eigenvalue weighted by molar-refractivity contribution is -0.129. The van der Waals surface area contributed by atoms with Gasteiger partial charge >= 0.3 is 0 Å². The third-order valence-electron chi connectivity index (χ3n) is 4.96. The molecule has 152 valence electrons. The number of piperazine rings is 1. The highest BCUT2D eigenvalue weighted by Gasteiger charge is 2.24. The number of amides is 1. The summed E-state index contributed by atoms with van der Waals surface area (Å²) < 4.78 is 14.6. The van der Waals surface area contributed by atoms with E-state index >= 15 is 0 Å². The molecule has 0 atom stereocenters. The molecule has 3 aromatic rings. The lowest BCUT2D eigenvalue weighted by Crippen LogP contribution is -2.51. The van der Waals surface area contributed by atoms with Crippen molar-refractivity contribution in [3.05, 3.63) is 52.3 Å². The Labute approximate surface area is 182 Å². The molecule has 0 unspecified atom stereocenters. The van der Waals surface area contributed by atoms with Gasteiger partial charge in [0.2, 0.25) is 5.91 Å². The molecule has 1 aliphatic rings. The van der Waals surface area contributed by atoms with Crippen LogP contribution >= 0.6 is 34.5 Å². The normalized spacial score (nSPS) is 14.5. The zero-order valence-electron chi connectivity index (χ0n) is 15.7. The van der Waals surface area contributed by atoms with E-state index in [1.807, 2.05) is 23.1 Å². The summed E-state index contributed by atoms with van der Waals surface area (Å²) in [5, 5.41) is 1.69. The second-order valence-electron chi connectivity index (χ2n) is 6.88. The topological polar surface area (TPSA) is 39.7 Å². The third-order valence-corrected chi connectivity index (χ3v) is 6.91. The Balaban J connectivity index is 1.38. The molecule has 0 N–H and O–H groups in total. The number of carbonyl (C=O) groups excluding carboxylic acids is 1. The quantitative estimate of drug-likeness (QED) is 0.582. The predicted molar refractivity (Wildman–Crippen MR) is 118 cm³/mol. The summed E-state index contributed by atoms with van der Waals surface area (Å²) in [5.41, 5.74) is 1.23. The largest absolute Gasteiger partial charge is 0.367 e. The van der Waals surface area contributed by atoms with Crippen LogP contribution in [0.3, 0.4) is 0 Å². The Hall–Kier alpha value is -2.09. The molecule has 2 aromatic carbocycles. The van der Waals surface area contributed by atoms with Gasteiger partial charge in [0, 0.05) is 33.2 Å². The molecule has 1 saturated heterocycles. The van der Waals surface area contributed by atoms with Gasteiger partial charge in [-0.2, -0.15) is 0 Å². The Morgan fingerprint density at radius 1 is 1.17 bits per heavy atom. The molecule has 5 nitrogen and oxygen atoms in total. The van der Waals surface area contributed by atoms with Crippen molar-refractivity contribution < 1.29 is 9.18 Å². The van der Waals surface area contributed by atoms with Crippen LogP contribution in [0.15, 0.2) is 36.4 Å². The average Bonchev–Trinajstić information content (AvgIpc) is 3.16. The molecule has 0 aliphatic carbocycles. The Kier molecular flexibility index (Phi) is 5.81. The fraction of sp³-hybridized carbons (Fsp3) is 0.300. The van der Waals surface area contributed by atoms with Crippen LogP contribution in [0.4, 0.5) is 15.2 Å². The number of likely N-dealkylation sites (N-methyl/N-ethyl adjacent to an activating group) is 1. The standard InChI is InChI=1S/C20H19Cl2FN4OS/c1-25(20-24-19-14(23)5-3-7-16(19)29-20)12-17(28)27-10-8-26(9-11-27)15-6-2-4-13(21)18(15)22/h2-7H,8-12H2,1H3. The molecule has 4 rings (SSSR count). The number of anilines is 2. The SMILES string of the molecule is CN(CC(=O)N1CCN(c2cccc(Cl)c2Cl)CC1)c1nc2c(F)cccc2s1. The number of nitrogens with zero attached hydrogens (tertiary/aromatic N) is 4. The van der Waals surface area contributed by atoms with Crippen molar-refractivity contribution in [1.29, 1.82) is 0 Å². The van der Waals surface area contributed by atoms with E-state index in [1.54, 1.807) is 24.1 Å². The molecule has 1 fully saturated rings. The second kappa shape index (κ2) is 8.34. The number of hydrogen-bond acceptors (Lipinski definition) is 5. The molecule has 0 saturated carbocycles. The summed E-state index contributed by atoms with van der Waals surface area (Å²) in [6, 6.07) is 10.5.